The highest BCUT2D eigenvalue weighted by molar-refractivity contribution is 5.95. The Morgan fingerprint density at radius 1 is 1.25 bits per heavy atom. The summed E-state index contributed by atoms with van der Waals surface area (Å²) in [5, 5.41) is 11.5. The first kappa shape index (κ1) is 13.7. The van der Waals surface area contributed by atoms with Crippen molar-refractivity contribution in [3.8, 4) is 11.5 Å². The third-order valence-corrected chi connectivity index (χ3v) is 2.68. The number of benzene rings is 1. The minimum Gasteiger partial charge on any atom is -0.456 e. The molecule has 0 bridgehead atoms. The fraction of sp³-hybridized carbons (Fsp3) is 0.143. The van der Waals surface area contributed by atoms with Crippen LogP contribution in [0.2, 0.25) is 0 Å². The van der Waals surface area contributed by atoms with E-state index in [1.54, 1.807) is 12.1 Å². The summed E-state index contributed by atoms with van der Waals surface area (Å²) in [5.41, 5.74) is 6.88. The summed E-state index contributed by atoms with van der Waals surface area (Å²) in [7, 11) is 3.93. The lowest BCUT2D eigenvalue weighted by Crippen LogP contribution is -2.14. The Balaban J connectivity index is 2.16. The summed E-state index contributed by atoms with van der Waals surface area (Å²) in [6.45, 7) is 0. The Kier molecular flexibility index (Phi) is 4.05. The quantitative estimate of drug-likeness (QED) is 0.385. The molecule has 6 heteroatoms. The molecule has 3 N–H and O–H groups in total. The van der Waals surface area contributed by atoms with Gasteiger partial charge in [0.25, 0.3) is 0 Å². The lowest BCUT2D eigenvalue weighted by molar-refractivity contribution is 0.318. The van der Waals surface area contributed by atoms with E-state index >= 15 is 0 Å². The average Bonchev–Trinajstić information content (AvgIpc) is 2.47. The minimum atomic E-state index is -0.0360. The van der Waals surface area contributed by atoms with Gasteiger partial charge in [-0.05, 0) is 24.3 Å². The van der Waals surface area contributed by atoms with Crippen LogP contribution >= 0.6 is 0 Å². The fourth-order valence-electron chi connectivity index (χ4n) is 1.60. The summed E-state index contributed by atoms with van der Waals surface area (Å²) in [5.74, 6) is 1.26. The van der Waals surface area contributed by atoms with Gasteiger partial charge < -0.3 is 20.6 Å². The van der Waals surface area contributed by atoms with Gasteiger partial charge >= 0.3 is 0 Å². The largest absolute Gasteiger partial charge is 0.456 e. The molecule has 2 aromatic rings. The molecule has 0 aliphatic rings. The molecule has 1 aromatic heterocycles. The number of pyridine rings is 1. The van der Waals surface area contributed by atoms with Crippen molar-refractivity contribution in [3.63, 3.8) is 0 Å². The highest BCUT2D eigenvalue weighted by Gasteiger charge is 2.03. The molecule has 2 rings (SSSR count). The van der Waals surface area contributed by atoms with Crippen LogP contribution in [0.1, 0.15) is 5.69 Å². The third-order valence-electron chi connectivity index (χ3n) is 2.68. The van der Waals surface area contributed by atoms with Crippen molar-refractivity contribution in [2.24, 2.45) is 10.9 Å². The van der Waals surface area contributed by atoms with Crippen molar-refractivity contribution in [3.05, 3.63) is 48.3 Å². The Morgan fingerprint density at radius 2 is 2.05 bits per heavy atom. The average molecular weight is 272 g/mol. The maximum Gasteiger partial charge on any atom is 0.188 e. The predicted octanol–water partition coefficient (Wildman–Crippen LogP) is 2.03. The van der Waals surface area contributed by atoms with E-state index in [1.807, 2.05) is 43.3 Å². The second kappa shape index (κ2) is 5.92. The van der Waals surface area contributed by atoms with Gasteiger partial charge in [-0.25, -0.2) is 4.98 Å². The molecule has 0 fully saturated rings. The molecule has 1 heterocycles. The van der Waals surface area contributed by atoms with Crippen LogP contribution in [0, 0.1) is 0 Å². The molecule has 0 amide bonds. The molecule has 6 nitrogen and oxygen atoms in total. The van der Waals surface area contributed by atoms with Gasteiger partial charge in [-0.15, -0.1) is 0 Å². The number of aromatic nitrogens is 1. The van der Waals surface area contributed by atoms with E-state index in [1.165, 1.54) is 6.20 Å². The Labute approximate surface area is 117 Å². The molecule has 0 unspecified atom stereocenters. The normalized spacial score (nSPS) is 11.2. The Hall–Kier alpha value is -2.76. The van der Waals surface area contributed by atoms with Crippen molar-refractivity contribution in [1.82, 2.24) is 4.98 Å². The SMILES string of the molecule is CN(C)c1cccc(Oc2ccc(/C(N)=N/O)nc2)c1. The van der Waals surface area contributed by atoms with Crippen LogP contribution in [0.25, 0.3) is 0 Å². The zero-order valence-corrected chi connectivity index (χ0v) is 11.3. The summed E-state index contributed by atoms with van der Waals surface area (Å²) < 4.78 is 5.71. The molecule has 0 aliphatic heterocycles. The van der Waals surface area contributed by atoms with Crippen LogP contribution in [-0.4, -0.2) is 30.1 Å². The first-order valence-electron chi connectivity index (χ1n) is 5.99. The number of hydrogen-bond acceptors (Lipinski definition) is 5. The van der Waals surface area contributed by atoms with Crippen LogP contribution in [-0.2, 0) is 0 Å². The van der Waals surface area contributed by atoms with E-state index in [2.05, 4.69) is 10.1 Å². The van der Waals surface area contributed by atoms with Crippen molar-refractivity contribution in [2.75, 3.05) is 19.0 Å². The zero-order valence-electron chi connectivity index (χ0n) is 11.3. The van der Waals surface area contributed by atoms with Crippen LogP contribution in [0.15, 0.2) is 47.8 Å². The summed E-state index contributed by atoms with van der Waals surface area (Å²) in [4.78, 5) is 6.04. The molecule has 0 atom stereocenters. The van der Waals surface area contributed by atoms with E-state index < -0.39 is 0 Å². The standard InChI is InChI=1S/C14H16N4O2/c1-18(2)10-4-3-5-11(8-10)20-12-6-7-13(16-9-12)14(15)17-19/h3-9,19H,1-2H3,(H2,15,17). The van der Waals surface area contributed by atoms with Gasteiger partial charge in [-0.1, -0.05) is 11.2 Å². The Bertz CT molecular complexity index is 609. The van der Waals surface area contributed by atoms with Crippen LogP contribution < -0.4 is 15.4 Å². The van der Waals surface area contributed by atoms with Gasteiger partial charge in [0.05, 0.1) is 6.20 Å². The van der Waals surface area contributed by atoms with E-state index in [9.17, 15) is 0 Å². The predicted molar refractivity (Wildman–Crippen MR) is 77.6 cm³/mol. The van der Waals surface area contributed by atoms with E-state index in [0.717, 1.165) is 11.4 Å². The molecule has 20 heavy (non-hydrogen) atoms. The highest BCUT2D eigenvalue weighted by atomic mass is 16.5. The molecule has 1 aromatic carbocycles. The molecule has 0 saturated carbocycles. The number of ether oxygens (including phenoxy) is 1. The number of nitrogens with two attached hydrogens (primary N) is 1. The van der Waals surface area contributed by atoms with Crippen molar-refractivity contribution < 1.29 is 9.94 Å². The van der Waals surface area contributed by atoms with Crippen LogP contribution in [0.5, 0.6) is 11.5 Å². The van der Waals surface area contributed by atoms with Gasteiger partial charge in [0.2, 0.25) is 0 Å². The molecule has 0 aliphatic carbocycles. The molecular formula is C14H16N4O2. The topological polar surface area (TPSA) is 84.0 Å². The van der Waals surface area contributed by atoms with Gasteiger partial charge in [0, 0.05) is 25.8 Å². The minimum absolute atomic E-state index is 0.0360. The molecule has 0 saturated heterocycles. The lowest BCUT2D eigenvalue weighted by Gasteiger charge is -2.13. The second-order valence-corrected chi connectivity index (χ2v) is 4.36. The number of oxime groups is 1. The van der Waals surface area contributed by atoms with E-state index in [4.69, 9.17) is 15.7 Å². The molecule has 0 radical (unpaired) electrons. The highest BCUT2D eigenvalue weighted by Crippen LogP contribution is 2.24. The zero-order chi connectivity index (χ0) is 14.5. The number of anilines is 1. The number of nitrogens with zero attached hydrogens (tertiary/aromatic N) is 3. The van der Waals surface area contributed by atoms with Crippen molar-refractivity contribution in [1.29, 1.82) is 0 Å². The van der Waals surface area contributed by atoms with E-state index in [0.29, 0.717) is 11.4 Å². The van der Waals surface area contributed by atoms with Gasteiger partial charge in [0.15, 0.2) is 5.84 Å². The van der Waals surface area contributed by atoms with Gasteiger partial charge in [-0.3, -0.25) is 0 Å². The van der Waals surface area contributed by atoms with Crippen LogP contribution in [0.3, 0.4) is 0 Å². The molecular weight excluding hydrogens is 256 g/mol. The maximum absolute atomic E-state index is 8.56. The summed E-state index contributed by atoms with van der Waals surface area (Å²) >= 11 is 0. The van der Waals surface area contributed by atoms with Gasteiger partial charge in [-0.2, -0.15) is 0 Å². The van der Waals surface area contributed by atoms with Crippen molar-refractivity contribution in [2.45, 2.75) is 0 Å². The lowest BCUT2D eigenvalue weighted by atomic mass is 10.3. The summed E-state index contributed by atoms with van der Waals surface area (Å²) in [6, 6.07) is 11.0. The Morgan fingerprint density at radius 3 is 2.65 bits per heavy atom. The van der Waals surface area contributed by atoms with Crippen molar-refractivity contribution >= 4 is 11.5 Å². The van der Waals surface area contributed by atoms with Gasteiger partial charge in [0.1, 0.15) is 17.2 Å². The second-order valence-electron chi connectivity index (χ2n) is 4.36. The fourth-order valence-corrected chi connectivity index (χ4v) is 1.60. The van der Waals surface area contributed by atoms with Crippen LogP contribution in [0.4, 0.5) is 5.69 Å². The number of hydrogen-bond donors (Lipinski definition) is 2. The van der Waals surface area contributed by atoms with E-state index in [-0.39, 0.29) is 5.84 Å². The maximum atomic E-state index is 8.56. The first-order valence-corrected chi connectivity index (χ1v) is 5.99. The third kappa shape index (κ3) is 3.17. The summed E-state index contributed by atoms with van der Waals surface area (Å²) in [6.07, 6.45) is 1.52. The molecule has 0 spiro atoms. The smallest absolute Gasteiger partial charge is 0.188 e. The molecule has 104 valence electrons. The first-order chi connectivity index (χ1) is 9.60. The number of rotatable bonds is 4. The monoisotopic (exact) mass is 272 g/mol. The number of amidine groups is 1.